The zero-order valence-corrected chi connectivity index (χ0v) is 11.3. The van der Waals surface area contributed by atoms with E-state index in [0.29, 0.717) is 6.54 Å². The molecule has 2 nitrogen and oxygen atoms in total. The minimum absolute atomic E-state index is 0.158. The third-order valence-electron chi connectivity index (χ3n) is 3.89. The van der Waals surface area contributed by atoms with Crippen molar-refractivity contribution < 1.29 is 9.13 Å². The van der Waals surface area contributed by atoms with Crippen LogP contribution in [0.5, 0.6) is 5.75 Å². The van der Waals surface area contributed by atoms with E-state index in [1.54, 1.807) is 0 Å². The van der Waals surface area contributed by atoms with Gasteiger partial charge in [0.1, 0.15) is 17.7 Å². The normalized spacial score (nSPS) is 18.4. The highest BCUT2D eigenvalue weighted by atomic mass is 19.1. The number of para-hydroxylation sites is 1. The van der Waals surface area contributed by atoms with Gasteiger partial charge in [-0.15, -0.1) is 0 Å². The molecule has 3 rings (SSSR count). The lowest BCUT2D eigenvalue weighted by Gasteiger charge is -2.19. The maximum atomic E-state index is 13.0. The van der Waals surface area contributed by atoms with Crippen molar-refractivity contribution in [2.45, 2.75) is 24.9 Å². The largest absolute Gasteiger partial charge is 0.490 e. The predicted octanol–water partition coefficient (Wildman–Crippen LogP) is 3.26. The van der Waals surface area contributed by atoms with Crippen LogP contribution < -0.4 is 10.5 Å². The van der Waals surface area contributed by atoms with E-state index in [4.69, 9.17) is 10.5 Å². The number of ether oxygens (including phenoxy) is 1. The van der Waals surface area contributed by atoms with Crippen LogP contribution >= 0.6 is 0 Å². The van der Waals surface area contributed by atoms with Crippen molar-refractivity contribution in [3.63, 3.8) is 0 Å². The Bertz CT molecular complexity index is 557. The molecule has 2 aromatic carbocycles. The minimum Gasteiger partial charge on any atom is -0.490 e. The van der Waals surface area contributed by atoms with Crippen molar-refractivity contribution >= 4 is 0 Å². The van der Waals surface area contributed by atoms with Gasteiger partial charge < -0.3 is 10.5 Å². The monoisotopic (exact) mass is 271 g/mol. The fraction of sp³-hybridized carbons (Fsp3) is 0.294. The topological polar surface area (TPSA) is 35.2 Å². The fourth-order valence-corrected chi connectivity index (χ4v) is 2.81. The highest BCUT2D eigenvalue weighted by molar-refractivity contribution is 5.37. The molecule has 0 saturated carbocycles. The first-order valence-corrected chi connectivity index (χ1v) is 6.96. The zero-order chi connectivity index (χ0) is 13.9. The van der Waals surface area contributed by atoms with Crippen LogP contribution in [-0.4, -0.2) is 12.6 Å². The van der Waals surface area contributed by atoms with E-state index >= 15 is 0 Å². The Kier molecular flexibility index (Phi) is 3.70. The van der Waals surface area contributed by atoms with Gasteiger partial charge in [0.15, 0.2) is 0 Å². The van der Waals surface area contributed by atoms with Gasteiger partial charge in [0.25, 0.3) is 0 Å². The lowest BCUT2D eigenvalue weighted by molar-refractivity contribution is 0.210. The van der Waals surface area contributed by atoms with E-state index in [0.717, 1.165) is 24.2 Å². The summed E-state index contributed by atoms with van der Waals surface area (Å²) in [5, 5.41) is 0. The molecule has 1 aliphatic rings. The molecular formula is C17H18FNO. The molecule has 1 aliphatic heterocycles. The molecule has 2 aromatic rings. The molecule has 104 valence electrons. The molecule has 0 radical (unpaired) electrons. The van der Waals surface area contributed by atoms with Crippen molar-refractivity contribution in [1.29, 1.82) is 0 Å². The third-order valence-corrected chi connectivity index (χ3v) is 3.89. The summed E-state index contributed by atoms with van der Waals surface area (Å²) in [7, 11) is 0. The molecule has 0 aliphatic carbocycles. The summed E-state index contributed by atoms with van der Waals surface area (Å²) in [6.45, 7) is 0.543. The van der Waals surface area contributed by atoms with Crippen molar-refractivity contribution in [2.24, 2.45) is 5.73 Å². The number of benzene rings is 2. The number of hydrogen-bond acceptors (Lipinski definition) is 2. The van der Waals surface area contributed by atoms with Gasteiger partial charge in [-0.1, -0.05) is 30.3 Å². The second-order valence-corrected chi connectivity index (χ2v) is 5.27. The third kappa shape index (κ3) is 2.68. The SMILES string of the molecule is NCC(CC1Cc2ccccc2O1)c1ccc(F)cc1. The molecule has 20 heavy (non-hydrogen) atoms. The zero-order valence-electron chi connectivity index (χ0n) is 11.3. The number of halogens is 1. The van der Waals surface area contributed by atoms with E-state index in [-0.39, 0.29) is 17.8 Å². The van der Waals surface area contributed by atoms with Crippen molar-refractivity contribution in [2.75, 3.05) is 6.54 Å². The highest BCUT2D eigenvalue weighted by Crippen LogP contribution is 2.32. The molecule has 2 atom stereocenters. The van der Waals surface area contributed by atoms with Crippen LogP contribution in [0.1, 0.15) is 23.5 Å². The van der Waals surface area contributed by atoms with E-state index in [9.17, 15) is 4.39 Å². The highest BCUT2D eigenvalue weighted by Gasteiger charge is 2.25. The smallest absolute Gasteiger partial charge is 0.123 e. The maximum Gasteiger partial charge on any atom is 0.123 e. The fourth-order valence-electron chi connectivity index (χ4n) is 2.81. The Balaban J connectivity index is 1.69. The first-order chi connectivity index (χ1) is 9.76. The second kappa shape index (κ2) is 5.63. The quantitative estimate of drug-likeness (QED) is 0.926. The Morgan fingerprint density at radius 3 is 2.60 bits per heavy atom. The predicted molar refractivity (Wildman–Crippen MR) is 77.4 cm³/mol. The summed E-state index contributed by atoms with van der Waals surface area (Å²) in [5.74, 6) is 0.969. The molecule has 0 fully saturated rings. The van der Waals surface area contributed by atoms with Crippen molar-refractivity contribution in [3.05, 3.63) is 65.5 Å². The summed E-state index contributed by atoms with van der Waals surface area (Å²) in [4.78, 5) is 0. The molecule has 3 heteroatoms. The van der Waals surface area contributed by atoms with Crippen LogP contribution in [0, 0.1) is 5.82 Å². The molecular weight excluding hydrogens is 253 g/mol. The minimum atomic E-state index is -0.214. The standard InChI is InChI=1S/C17H18FNO/c18-15-7-5-12(6-8-15)14(11-19)10-16-9-13-3-1-2-4-17(13)20-16/h1-8,14,16H,9-11,19H2. The summed E-state index contributed by atoms with van der Waals surface area (Å²) in [6.07, 6.45) is 1.94. The van der Waals surface area contributed by atoms with Crippen molar-refractivity contribution in [3.8, 4) is 5.75 Å². The van der Waals surface area contributed by atoms with E-state index < -0.39 is 0 Å². The van der Waals surface area contributed by atoms with Crippen molar-refractivity contribution in [1.82, 2.24) is 0 Å². The lowest BCUT2D eigenvalue weighted by atomic mass is 9.92. The van der Waals surface area contributed by atoms with Gasteiger partial charge in [-0.2, -0.15) is 0 Å². The lowest BCUT2D eigenvalue weighted by Crippen LogP contribution is -2.22. The van der Waals surface area contributed by atoms with Gasteiger partial charge in [-0.05, 0) is 48.2 Å². The molecule has 2 N–H and O–H groups in total. The molecule has 1 heterocycles. The molecule has 0 spiro atoms. The summed E-state index contributed by atoms with van der Waals surface area (Å²) in [5.41, 5.74) is 8.21. The average molecular weight is 271 g/mol. The Hall–Kier alpha value is -1.87. The van der Waals surface area contributed by atoms with Gasteiger partial charge >= 0.3 is 0 Å². The number of hydrogen-bond donors (Lipinski definition) is 1. The molecule has 0 saturated heterocycles. The van der Waals surface area contributed by atoms with Crippen LogP contribution in [0.4, 0.5) is 4.39 Å². The summed E-state index contributed by atoms with van der Waals surface area (Å²) >= 11 is 0. The molecule has 0 aromatic heterocycles. The van der Waals surface area contributed by atoms with Crippen LogP contribution in [0.3, 0.4) is 0 Å². The van der Waals surface area contributed by atoms with Crippen LogP contribution in [0.2, 0.25) is 0 Å². The van der Waals surface area contributed by atoms with Crippen LogP contribution in [0.25, 0.3) is 0 Å². The Morgan fingerprint density at radius 2 is 1.90 bits per heavy atom. The summed E-state index contributed by atoms with van der Waals surface area (Å²) in [6, 6.07) is 14.7. The Labute approximate surface area is 118 Å². The number of rotatable bonds is 4. The van der Waals surface area contributed by atoms with Gasteiger partial charge in [0, 0.05) is 6.42 Å². The molecule has 0 bridgehead atoms. The average Bonchev–Trinajstić information content (AvgIpc) is 2.88. The van der Waals surface area contributed by atoms with E-state index in [1.165, 1.54) is 17.7 Å². The molecule has 0 amide bonds. The van der Waals surface area contributed by atoms with Crippen LogP contribution in [-0.2, 0) is 6.42 Å². The van der Waals surface area contributed by atoms with Gasteiger partial charge in [-0.3, -0.25) is 0 Å². The van der Waals surface area contributed by atoms with Gasteiger partial charge in [0.2, 0.25) is 0 Å². The second-order valence-electron chi connectivity index (χ2n) is 5.27. The number of nitrogens with two attached hydrogens (primary N) is 1. The Morgan fingerprint density at radius 1 is 1.15 bits per heavy atom. The van der Waals surface area contributed by atoms with Crippen LogP contribution in [0.15, 0.2) is 48.5 Å². The maximum absolute atomic E-state index is 13.0. The number of fused-ring (bicyclic) bond motifs is 1. The van der Waals surface area contributed by atoms with Gasteiger partial charge in [-0.25, -0.2) is 4.39 Å². The first kappa shape index (κ1) is 13.1. The molecule has 2 unspecified atom stereocenters. The summed E-state index contributed by atoms with van der Waals surface area (Å²) < 4.78 is 18.9. The van der Waals surface area contributed by atoms with Gasteiger partial charge in [0.05, 0.1) is 0 Å². The first-order valence-electron chi connectivity index (χ1n) is 6.96. The van der Waals surface area contributed by atoms with E-state index in [1.807, 2.05) is 30.3 Å². The van der Waals surface area contributed by atoms with E-state index in [2.05, 4.69) is 6.07 Å².